The molecule has 0 aliphatic rings. The lowest BCUT2D eigenvalue weighted by molar-refractivity contribution is 0.0273. The van der Waals surface area contributed by atoms with Gasteiger partial charge >= 0.3 is 0 Å². The summed E-state index contributed by atoms with van der Waals surface area (Å²) in [5, 5.41) is 17.0. The fourth-order valence-electron chi connectivity index (χ4n) is 0.889. The number of likely N-dealkylation sites (N-methyl/N-ethyl adjacent to an activating group) is 1. The van der Waals surface area contributed by atoms with E-state index in [1.165, 1.54) is 0 Å². The van der Waals surface area contributed by atoms with Crippen LogP contribution < -0.4 is 0 Å². The van der Waals surface area contributed by atoms with Crippen molar-refractivity contribution in [3.63, 3.8) is 0 Å². The van der Waals surface area contributed by atoms with Crippen LogP contribution in [0.25, 0.3) is 0 Å². The normalized spacial score (nSPS) is 11.1. The van der Waals surface area contributed by atoms with Crippen LogP contribution in [0.5, 0.6) is 0 Å². The van der Waals surface area contributed by atoms with Gasteiger partial charge in [0.05, 0.1) is 39.6 Å². The van der Waals surface area contributed by atoms with Gasteiger partial charge in [0, 0.05) is 13.1 Å². The summed E-state index contributed by atoms with van der Waals surface area (Å²) in [6.45, 7) is 3.78. The Labute approximate surface area is 85.2 Å². The van der Waals surface area contributed by atoms with Crippen molar-refractivity contribution < 1.29 is 19.7 Å². The van der Waals surface area contributed by atoms with E-state index in [1.54, 1.807) is 0 Å². The SMILES string of the molecule is CN(CCO)CCOCCOCCO. The molecule has 14 heavy (non-hydrogen) atoms. The van der Waals surface area contributed by atoms with E-state index < -0.39 is 0 Å². The van der Waals surface area contributed by atoms with Gasteiger partial charge < -0.3 is 24.6 Å². The number of aliphatic hydroxyl groups is 2. The Morgan fingerprint density at radius 1 is 0.857 bits per heavy atom. The van der Waals surface area contributed by atoms with Gasteiger partial charge in [-0.25, -0.2) is 0 Å². The van der Waals surface area contributed by atoms with Crippen molar-refractivity contribution in [2.45, 2.75) is 0 Å². The van der Waals surface area contributed by atoms with Gasteiger partial charge in [-0.15, -0.1) is 0 Å². The largest absolute Gasteiger partial charge is 0.395 e. The molecule has 0 saturated heterocycles. The van der Waals surface area contributed by atoms with Gasteiger partial charge in [-0.3, -0.25) is 0 Å². The molecule has 0 bridgehead atoms. The van der Waals surface area contributed by atoms with E-state index in [0.29, 0.717) is 33.0 Å². The van der Waals surface area contributed by atoms with Crippen molar-refractivity contribution in [3.8, 4) is 0 Å². The highest BCUT2D eigenvalue weighted by molar-refractivity contribution is 4.47. The molecule has 0 aliphatic heterocycles. The van der Waals surface area contributed by atoms with E-state index >= 15 is 0 Å². The summed E-state index contributed by atoms with van der Waals surface area (Å²) >= 11 is 0. The van der Waals surface area contributed by atoms with Gasteiger partial charge in [0.1, 0.15) is 0 Å². The third kappa shape index (κ3) is 9.88. The zero-order valence-electron chi connectivity index (χ0n) is 8.81. The molecule has 0 aromatic heterocycles. The molecule has 0 amide bonds. The zero-order valence-corrected chi connectivity index (χ0v) is 8.81. The van der Waals surface area contributed by atoms with Gasteiger partial charge in [-0.1, -0.05) is 0 Å². The molecule has 0 spiro atoms. The second-order valence-corrected chi connectivity index (χ2v) is 2.98. The minimum absolute atomic E-state index is 0.0548. The Morgan fingerprint density at radius 2 is 1.50 bits per heavy atom. The molecule has 0 unspecified atom stereocenters. The standard InChI is InChI=1S/C9H21NO4/c1-10(2-4-11)3-6-13-8-9-14-7-5-12/h11-12H,2-9H2,1H3. The predicted molar refractivity (Wildman–Crippen MR) is 53.3 cm³/mol. The summed E-state index contributed by atoms with van der Waals surface area (Å²) in [6, 6.07) is 0. The molecule has 0 fully saturated rings. The Bertz CT molecular complexity index is 113. The number of hydrogen-bond acceptors (Lipinski definition) is 5. The lowest BCUT2D eigenvalue weighted by atomic mass is 10.5. The van der Waals surface area contributed by atoms with E-state index in [1.807, 2.05) is 11.9 Å². The maximum atomic E-state index is 8.61. The van der Waals surface area contributed by atoms with Crippen LogP contribution in [0.4, 0.5) is 0 Å². The number of rotatable bonds is 10. The molecule has 0 aromatic carbocycles. The topological polar surface area (TPSA) is 62.2 Å². The van der Waals surface area contributed by atoms with Crippen molar-refractivity contribution in [1.29, 1.82) is 0 Å². The second-order valence-electron chi connectivity index (χ2n) is 2.98. The summed E-state index contributed by atoms with van der Waals surface area (Å²) in [6.07, 6.45) is 0. The van der Waals surface area contributed by atoms with Crippen LogP contribution in [0.2, 0.25) is 0 Å². The highest BCUT2D eigenvalue weighted by Gasteiger charge is 1.96. The maximum Gasteiger partial charge on any atom is 0.0701 e. The van der Waals surface area contributed by atoms with Gasteiger partial charge in [-0.05, 0) is 7.05 Å². The van der Waals surface area contributed by atoms with Gasteiger partial charge in [0.2, 0.25) is 0 Å². The van der Waals surface area contributed by atoms with Crippen LogP contribution in [0.3, 0.4) is 0 Å². The summed E-state index contributed by atoms with van der Waals surface area (Å²) in [5.41, 5.74) is 0. The summed E-state index contributed by atoms with van der Waals surface area (Å²) in [5.74, 6) is 0. The van der Waals surface area contributed by atoms with Crippen LogP contribution in [-0.2, 0) is 9.47 Å². The van der Waals surface area contributed by atoms with Crippen LogP contribution in [0.1, 0.15) is 0 Å². The van der Waals surface area contributed by atoms with Gasteiger partial charge in [0.25, 0.3) is 0 Å². The Balaban J connectivity index is 2.98. The first-order valence-corrected chi connectivity index (χ1v) is 4.87. The highest BCUT2D eigenvalue weighted by atomic mass is 16.5. The van der Waals surface area contributed by atoms with Crippen LogP contribution in [0.15, 0.2) is 0 Å². The smallest absolute Gasteiger partial charge is 0.0701 e. The van der Waals surface area contributed by atoms with Gasteiger partial charge in [0.15, 0.2) is 0 Å². The minimum atomic E-state index is 0.0548. The molecule has 0 saturated carbocycles. The first kappa shape index (κ1) is 13.8. The zero-order chi connectivity index (χ0) is 10.6. The van der Waals surface area contributed by atoms with E-state index in [9.17, 15) is 0 Å². The van der Waals surface area contributed by atoms with Crippen molar-refractivity contribution in [2.24, 2.45) is 0 Å². The number of aliphatic hydroxyl groups excluding tert-OH is 2. The molecule has 0 aromatic rings. The van der Waals surface area contributed by atoms with Crippen molar-refractivity contribution >= 4 is 0 Å². The molecule has 2 N–H and O–H groups in total. The number of ether oxygens (including phenoxy) is 2. The molecular weight excluding hydrogens is 186 g/mol. The lowest BCUT2D eigenvalue weighted by Gasteiger charge is -2.14. The van der Waals surface area contributed by atoms with E-state index in [2.05, 4.69) is 0 Å². The highest BCUT2D eigenvalue weighted by Crippen LogP contribution is 1.83. The first-order chi connectivity index (χ1) is 6.81. The van der Waals surface area contributed by atoms with Crippen LogP contribution >= 0.6 is 0 Å². The Kier molecular flexibility index (Phi) is 10.7. The van der Waals surface area contributed by atoms with Crippen molar-refractivity contribution in [2.75, 3.05) is 59.8 Å². The predicted octanol–water partition coefficient (Wildman–Crippen LogP) is -1.06. The maximum absolute atomic E-state index is 8.61. The van der Waals surface area contributed by atoms with E-state index in [4.69, 9.17) is 19.7 Å². The average Bonchev–Trinajstić information content (AvgIpc) is 2.17. The molecule has 5 nitrogen and oxygen atoms in total. The summed E-state index contributed by atoms with van der Waals surface area (Å²) in [7, 11) is 1.93. The third-order valence-electron chi connectivity index (χ3n) is 1.71. The molecule has 0 aliphatic carbocycles. The number of hydrogen-bond donors (Lipinski definition) is 2. The van der Waals surface area contributed by atoms with Gasteiger partial charge in [-0.2, -0.15) is 0 Å². The second kappa shape index (κ2) is 10.9. The van der Waals surface area contributed by atoms with Crippen LogP contribution in [-0.4, -0.2) is 74.9 Å². The molecule has 0 rings (SSSR count). The van der Waals surface area contributed by atoms with Crippen molar-refractivity contribution in [3.05, 3.63) is 0 Å². The fourth-order valence-corrected chi connectivity index (χ4v) is 0.889. The Hall–Kier alpha value is -0.200. The average molecular weight is 207 g/mol. The monoisotopic (exact) mass is 207 g/mol. The Morgan fingerprint density at radius 3 is 2.07 bits per heavy atom. The molecule has 0 heterocycles. The molecule has 5 heteroatoms. The number of nitrogens with zero attached hydrogens (tertiary/aromatic N) is 1. The fraction of sp³-hybridized carbons (Fsp3) is 1.00. The first-order valence-electron chi connectivity index (χ1n) is 4.87. The molecule has 0 radical (unpaired) electrons. The van der Waals surface area contributed by atoms with Crippen molar-refractivity contribution in [1.82, 2.24) is 4.90 Å². The minimum Gasteiger partial charge on any atom is -0.395 e. The summed E-state index contributed by atoms with van der Waals surface area (Å²) in [4.78, 5) is 1.99. The lowest BCUT2D eigenvalue weighted by Crippen LogP contribution is -2.26. The van der Waals surface area contributed by atoms with E-state index in [-0.39, 0.29) is 13.2 Å². The molecular formula is C9H21NO4. The quantitative estimate of drug-likeness (QED) is 0.447. The summed E-state index contributed by atoms with van der Waals surface area (Å²) < 4.78 is 10.3. The molecule has 0 atom stereocenters. The third-order valence-corrected chi connectivity index (χ3v) is 1.71. The molecule has 86 valence electrons. The van der Waals surface area contributed by atoms with Crippen LogP contribution in [0, 0.1) is 0 Å². The van der Waals surface area contributed by atoms with E-state index in [0.717, 1.165) is 6.54 Å².